The lowest BCUT2D eigenvalue weighted by atomic mass is 10.2. The molecule has 0 spiro atoms. The fraction of sp³-hybridized carbons (Fsp3) is 0.429. The second-order valence-corrected chi connectivity index (χ2v) is 9.46. The molecule has 2 aromatic rings. The maximum Gasteiger partial charge on any atom is 0.338 e. The van der Waals surface area contributed by atoms with Gasteiger partial charge in [0.1, 0.15) is 0 Å². The van der Waals surface area contributed by atoms with Crippen molar-refractivity contribution in [2.45, 2.75) is 55.5 Å². The van der Waals surface area contributed by atoms with Gasteiger partial charge in [-0.05, 0) is 36.8 Å². The molecule has 0 radical (unpaired) electrons. The van der Waals surface area contributed by atoms with Crippen molar-refractivity contribution in [3.8, 4) is 0 Å². The second kappa shape index (κ2) is 11.8. The molecule has 7 nitrogen and oxygen atoms in total. The molecule has 1 aromatic carbocycles. The van der Waals surface area contributed by atoms with E-state index in [1.165, 1.54) is 17.8 Å². The third kappa shape index (κ3) is 7.53. The van der Waals surface area contributed by atoms with E-state index in [2.05, 4.69) is 29.1 Å². The van der Waals surface area contributed by atoms with E-state index in [0.29, 0.717) is 39.5 Å². The maximum absolute atomic E-state index is 12.8. The third-order valence-corrected chi connectivity index (χ3v) is 6.27. The molecule has 0 aliphatic carbocycles. The average Bonchev–Trinajstić information content (AvgIpc) is 2.70. The van der Waals surface area contributed by atoms with Crippen molar-refractivity contribution < 1.29 is 14.3 Å². The minimum atomic E-state index is -0.451. The Morgan fingerprint density at radius 1 is 1.23 bits per heavy atom. The first-order chi connectivity index (χ1) is 14.3. The number of anilines is 1. The molecule has 0 aliphatic heterocycles. The Morgan fingerprint density at radius 3 is 2.67 bits per heavy atom. The summed E-state index contributed by atoms with van der Waals surface area (Å²) in [4.78, 5) is 43.8. The van der Waals surface area contributed by atoms with E-state index in [0.717, 1.165) is 0 Å². The summed E-state index contributed by atoms with van der Waals surface area (Å²) in [7, 11) is 0. The van der Waals surface area contributed by atoms with Crippen molar-refractivity contribution in [3.63, 3.8) is 0 Å². The number of ether oxygens (including phenoxy) is 1. The number of carbonyl (C=O) groups excluding carboxylic acids is 2. The molecule has 1 aromatic heterocycles. The lowest BCUT2D eigenvalue weighted by Gasteiger charge is -2.15. The van der Waals surface area contributed by atoms with E-state index in [1.807, 2.05) is 6.92 Å². The molecule has 2 rings (SSSR count). The summed E-state index contributed by atoms with van der Waals surface area (Å²) in [5, 5.41) is 3.23. The minimum absolute atomic E-state index is 0.229. The summed E-state index contributed by atoms with van der Waals surface area (Å²) in [5.41, 5.74) is 1.34. The highest BCUT2D eigenvalue weighted by molar-refractivity contribution is 8.00. The molecule has 0 saturated carbocycles. The third-order valence-electron chi connectivity index (χ3n) is 3.90. The molecule has 9 heteroatoms. The minimum Gasteiger partial charge on any atom is -0.462 e. The van der Waals surface area contributed by atoms with E-state index in [1.54, 1.807) is 43.0 Å². The number of thioether (sulfide) groups is 2. The van der Waals surface area contributed by atoms with Crippen molar-refractivity contribution in [2.75, 3.05) is 11.9 Å². The van der Waals surface area contributed by atoms with Gasteiger partial charge < -0.3 is 15.0 Å². The van der Waals surface area contributed by atoms with Crippen LogP contribution in [0, 0.1) is 0 Å². The van der Waals surface area contributed by atoms with Gasteiger partial charge in [-0.1, -0.05) is 38.6 Å². The molecule has 1 amide bonds. The standard InChI is InChI=1S/C21H27N3O4S2/c1-5-17(30-21-23-16(11-18(25)24-21)12-29-13(3)4)19(26)22-15-9-7-8-14(10-15)20(27)28-6-2/h7-11,13,17H,5-6,12H2,1-4H3,(H,22,26)(H,23,24,25). The van der Waals surface area contributed by atoms with E-state index in [4.69, 9.17) is 4.74 Å². The molecular formula is C21H27N3O4S2. The Morgan fingerprint density at radius 2 is 2.00 bits per heavy atom. The van der Waals surface area contributed by atoms with Crippen LogP contribution in [0.15, 0.2) is 40.3 Å². The van der Waals surface area contributed by atoms with E-state index in [9.17, 15) is 14.4 Å². The molecule has 1 heterocycles. The van der Waals surface area contributed by atoms with Gasteiger partial charge in [0.05, 0.1) is 23.1 Å². The zero-order chi connectivity index (χ0) is 22.1. The zero-order valence-corrected chi connectivity index (χ0v) is 19.2. The van der Waals surface area contributed by atoms with Gasteiger partial charge in [-0.3, -0.25) is 9.59 Å². The fourth-order valence-electron chi connectivity index (χ4n) is 2.48. The van der Waals surface area contributed by atoms with Crippen LogP contribution in [0.1, 0.15) is 50.2 Å². The summed E-state index contributed by atoms with van der Waals surface area (Å²) >= 11 is 2.92. The SMILES string of the molecule is CCOC(=O)c1cccc(NC(=O)C(CC)Sc2nc(CSC(C)C)cc(=O)[nH]2)c1. The number of hydrogen-bond donors (Lipinski definition) is 2. The molecule has 0 fully saturated rings. The van der Waals surface area contributed by atoms with Crippen LogP contribution in [0.4, 0.5) is 5.69 Å². The number of H-pyrrole nitrogens is 1. The van der Waals surface area contributed by atoms with Gasteiger partial charge in [-0.2, -0.15) is 11.8 Å². The molecule has 0 bridgehead atoms. The Labute approximate surface area is 184 Å². The van der Waals surface area contributed by atoms with Crippen LogP contribution >= 0.6 is 23.5 Å². The van der Waals surface area contributed by atoms with Gasteiger partial charge in [0.15, 0.2) is 5.16 Å². The average molecular weight is 450 g/mol. The number of amides is 1. The predicted molar refractivity (Wildman–Crippen MR) is 122 cm³/mol. The molecule has 2 N–H and O–H groups in total. The van der Waals surface area contributed by atoms with Crippen LogP contribution in [-0.2, 0) is 15.3 Å². The summed E-state index contributed by atoms with van der Waals surface area (Å²) in [6.07, 6.45) is 0.544. The fourth-order valence-corrected chi connectivity index (χ4v) is 4.07. The number of aromatic nitrogens is 2. The maximum atomic E-state index is 12.8. The molecular weight excluding hydrogens is 422 g/mol. The summed E-state index contributed by atoms with van der Waals surface area (Å²) in [6, 6.07) is 8.10. The number of esters is 1. The monoisotopic (exact) mass is 449 g/mol. The van der Waals surface area contributed by atoms with Crippen molar-refractivity contribution in [3.05, 3.63) is 51.9 Å². The van der Waals surface area contributed by atoms with E-state index < -0.39 is 11.2 Å². The van der Waals surface area contributed by atoms with Crippen LogP contribution < -0.4 is 10.9 Å². The highest BCUT2D eigenvalue weighted by Crippen LogP contribution is 2.24. The highest BCUT2D eigenvalue weighted by atomic mass is 32.2. The van der Waals surface area contributed by atoms with Gasteiger partial charge in [0, 0.05) is 17.5 Å². The number of carbonyl (C=O) groups is 2. The quantitative estimate of drug-likeness (QED) is 0.320. The van der Waals surface area contributed by atoms with Crippen molar-refractivity contribution >= 4 is 41.1 Å². The highest BCUT2D eigenvalue weighted by Gasteiger charge is 2.20. The van der Waals surface area contributed by atoms with E-state index >= 15 is 0 Å². The van der Waals surface area contributed by atoms with E-state index in [-0.39, 0.29) is 18.1 Å². The van der Waals surface area contributed by atoms with Crippen LogP contribution in [0.3, 0.4) is 0 Å². The lowest BCUT2D eigenvalue weighted by Crippen LogP contribution is -2.25. The summed E-state index contributed by atoms with van der Waals surface area (Å²) in [5.74, 6) is -0.0281. The molecule has 0 aliphatic rings. The van der Waals surface area contributed by atoms with Gasteiger partial charge in [-0.25, -0.2) is 9.78 Å². The van der Waals surface area contributed by atoms with Crippen LogP contribution in [0.25, 0.3) is 0 Å². The Kier molecular flexibility index (Phi) is 9.45. The number of nitrogens with one attached hydrogen (secondary N) is 2. The van der Waals surface area contributed by atoms with Gasteiger partial charge in [0.25, 0.3) is 5.56 Å². The molecule has 162 valence electrons. The van der Waals surface area contributed by atoms with Gasteiger partial charge in [-0.15, -0.1) is 0 Å². The van der Waals surface area contributed by atoms with Gasteiger partial charge >= 0.3 is 5.97 Å². The number of nitrogens with zero attached hydrogens (tertiary/aromatic N) is 1. The van der Waals surface area contributed by atoms with Crippen LogP contribution in [0.5, 0.6) is 0 Å². The Hall–Kier alpha value is -2.26. The van der Waals surface area contributed by atoms with Crippen LogP contribution in [-0.4, -0.2) is 39.0 Å². The molecule has 0 saturated heterocycles. The number of benzene rings is 1. The zero-order valence-electron chi connectivity index (χ0n) is 17.6. The first-order valence-corrected chi connectivity index (χ1v) is 11.7. The summed E-state index contributed by atoms with van der Waals surface area (Å²) < 4.78 is 4.99. The first-order valence-electron chi connectivity index (χ1n) is 9.78. The summed E-state index contributed by atoms with van der Waals surface area (Å²) in [6.45, 7) is 8.08. The number of rotatable bonds is 10. The smallest absolute Gasteiger partial charge is 0.338 e. The first kappa shape index (κ1) is 24.0. The predicted octanol–water partition coefficient (Wildman–Crippen LogP) is 4.10. The Balaban J connectivity index is 2.09. The molecule has 30 heavy (non-hydrogen) atoms. The normalized spacial score (nSPS) is 11.9. The topological polar surface area (TPSA) is 101 Å². The number of hydrogen-bond acceptors (Lipinski definition) is 7. The second-order valence-electron chi connectivity index (χ2n) is 6.71. The number of aromatic amines is 1. The van der Waals surface area contributed by atoms with Gasteiger partial charge in [0.2, 0.25) is 5.91 Å². The Bertz CT molecular complexity index is 930. The lowest BCUT2D eigenvalue weighted by molar-refractivity contribution is -0.115. The molecule has 1 unspecified atom stereocenters. The van der Waals surface area contributed by atoms with Crippen LogP contribution in [0.2, 0.25) is 0 Å². The molecule has 1 atom stereocenters. The van der Waals surface area contributed by atoms with Crippen molar-refractivity contribution in [1.82, 2.24) is 9.97 Å². The largest absolute Gasteiger partial charge is 0.462 e. The van der Waals surface area contributed by atoms with Crippen molar-refractivity contribution in [2.24, 2.45) is 0 Å². The van der Waals surface area contributed by atoms with Crippen molar-refractivity contribution in [1.29, 1.82) is 0 Å².